The van der Waals surface area contributed by atoms with Crippen LogP contribution in [0.3, 0.4) is 0 Å². The Labute approximate surface area is 92.6 Å². The average molecular weight is 213 g/mol. The topological polar surface area (TPSA) is 38.3 Å². The molecule has 0 radical (unpaired) electrons. The lowest BCUT2D eigenvalue weighted by molar-refractivity contribution is -0.142. The summed E-state index contributed by atoms with van der Waals surface area (Å²) in [6.07, 6.45) is 6.67. The number of carbonyl (C=O) groups excluding carboxylic acids is 1. The van der Waals surface area contributed by atoms with Crippen LogP contribution in [0.2, 0.25) is 0 Å². The third-order valence-corrected chi connectivity index (χ3v) is 3.23. The van der Waals surface area contributed by atoms with Gasteiger partial charge in [0.25, 0.3) is 0 Å². The molecule has 88 valence electrons. The molecule has 0 aromatic carbocycles. The molecule has 0 aliphatic heterocycles. The van der Waals surface area contributed by atoms with Gasteiger partial charge in [-0.15, -0.1) is 0 Å². The highest BCUT2D eigenvalue weighted by molar-refractivity contribution is 5.71. The molecule has 0 spiro atoms. The maximum atomic E-state index is 11.1. The Hall–Kier alpha value is -0.570. The quantitative estimate of drug-likeness (QED) is 0.711. The number of esters is 1. The summed E-state index contributed by atoms with van der Waals surface area (Å²) < 4.78 is 4.88. The van der Waals surface area contributed by atoms with E-state index in [0.717, 1.165) is 5.92 Å². The SMILES string of the molecule is CCOC(=O)CNC(C)C1CCCCC1. The normalized spacial score (nSPS) is 19.9. The molecular formula is C12H23NO2. The van der Waals surface area contributed by atoms with Crippen molar-refractivity contribution in [1.82, 2.24) is 5.32 Å². The molecule has 0 saturated heterocycles. The molecule has 3 nitrogen and oxygen atoms in total. The summed E-state index contributed by atoms with van der Waals surface area (Å²) in [5.74, 6) is 0.605. The van der Waals surface area contributed by atoms with Gasteiger partial charge >= 0.3 is 5.97 Å². The second-order valence-electron chi connectivity index (χ2n) is 4.37. The van der Waals surface area contributed by atoms with E-state index in [9.17, 15) is 4.79 Å². The predicted molar refractivity (Wildman–Crippen MR) is 60.7 cm³/mol. The molecule has 1 saturated carbocycles. The number of hydrogen-bond acceptors (Lipinski definition) is 3. The molecule has 1 aliphatic carbocycles. The minimum Gasteiger partial charge on any atom is -0.465 e. The van der Waals surface area contributed by atoms with Gasteiger partial charge in [0.1, 0.15) is 0 Å². The second-order valence-corrected chi connectivity index (χ2v) is 4.37. The van der Waals surface area contributed by atoms with Crippen LogP contribution in [0.4, 0.5) is 0 Å². The van der Waals surface area contributed by atoms with Gasteiger partial charge in [0, 0.05) is 6.04 Å². The Morgan fingerprint density at radius 2 is 2.07 bits per heavy atom. The third kappa shape index (κ3) is 4.65. The standard InChI is InChI=1S/C12H23NO2/c1-3-15-12(14)9-13-10(2)11-7-5-4-6-8-11/h10-11,13H,3-9H2,1-2H3. The largest absolute Gasteiger partial charge is 0.465 e. The van der Waals surface area contributed by atoms with Crippen LogP contribution < -0.4 is 5.32 Å². The summed E-state index contributed by atoms with van der Waals surface area (Å²) in [5, 5.41) is 3.26. The molecule has 0 aromatic rings. The Morgan fingerprint density at radius 3 is 2.67 bits per heavy atom. The zero-order valence-electron chi connectivity index (χ0n) is 9.92. The van der Waals surface area contributed by atoms with Crippen molar-refractivity contribution in [2.24, 2.45) is 5.92 Å². The lowest BCUT2D eigenvalue weighted by Crippen LogP contribution is -2.38. The van der Waals surface area contributed by atoms with Gasteiger partial charge in [-0.1, -0.05) is 19.3 Å². The highest BCUT2D eigenvalue weighted by Gasteiger charge is 2.20. The first-order valence-corrected chi connectivity index (χ1v) is 6.13. The van der Waals surface area contributed by atoms with Gasteiger partial charge in [0.2, 0.25) is 0 Å². The summed E-state index contributed by atoms with van der Waals surface area (Å²) in [6, 6.07) is 0.440. The zero-order valence-corrected chi connectivity index (χ0v) is 9.92. The van der Waals surface area contributed by atoms with Crippen molar-refractivity contribution in [3.63, 3.8) is 0 Å². The van der Waals surface area contributed by atoms with Crippen molar-refractivity contribution in [1.29, 1.82) is 0 Å². The van der Waals surface area contributed by atoms with E-state index in [-0.39, 0.29) is 5.97 Å². The second kappa shape index (κ2) is 6.83. The summed E-state index contributed by atoms with van der Waals surface area (Å²) >= 11 is 0. The van der Waals surface area contributed by atoms with Crippen molar-refractivity contribution in [3.05, 3.63) is 0 Å². The molecule has 1 rings (SSSR count). The zero-order chi connectivity index (χ0) is 11.1. The fourth-order valence-corrected chi connectivity index (χ4v) is 2.26. The van der Waals surface area contributed by atoms with Crippen LogP contribution in [-0.2, 0) is 9.53 Å². The van der Waals surface area contributed by atoms with E-state index in [0.29, 0.717) is 19.2 Å². The Bertz CT molecular complexity index is 188. The fraction of sp³-hybridized carbons (Fsp3) is 0.917. The molecule has 1 fully saturated rings. The third-order valence-electron chi connectivity index (χ3n) is 3.23. The Kier molecular flexibility index (Phi) is 5.69. The minimum atomic E-state index is -0.139. The van der Waals surface area contributed by atoms with Crippen LogP contribution in [0, 0.1) is 5.92 Å². The van der Waals surface area contributed by atoms with Gasteiger partial charge in [-0.2, -0.15) is 0 Å². The lowest BCUT2D eigenvalue weighted by atomic mass is 9.84. The molecule has 1 atom stereocenters. The number of carbonyl (C=O) groups is 1. The first-order chi connectivity index (χ1) is 7.24. The number of rotatable bonds is 5. The van der Waals surface area contributed by atoms with Crippen molar-refractivity contribution < 1.29 is 9.53 Å². The van der Waals surface area contributed by atoms with E-state index in [2.05, 4.69) is 12.2 Å². The molecule has 0 aromatic heterocycles. The van der Waals surface area contributed by atoms with Crippen LogP contribution in [0.25, 0.3) is 0 Å². The minimum absolute atomic E-state index is 0.139. The first kappa shape index (κ1) is 12.5. The average Bonchev–Trinajstić information content (AvgIpc) is 2.27. The molecule has 1 unspecified atom stereocenters. The molecule has 0 heterocycles. The van der Waals surface area contributed by atoms with Crippen LogP contribution in [0.1, 0.15) is 46.0 Å². The van der Waals surface area contributed by atoms with Crippen molar-refractivity contribution in [3.8, 4) is 0 Å². The van der Waals surface area contributed by atoms with Crippen molar-refractivity contribution >= 4 is 5.97 Å². The molecule has 15 heavy (non-hydrogen) atoms. The number of nitrogens with one attached hydrogen (secondary N) is 1. The van der Waals surface area contributed by atoms with Gasteiger partial charge in [0.05, 0.1) is 13.2 Å². The predicted octanol–water partition coefficient (Wildman–Crippen LogP) is 2.11. The van der Waals surface area contributed by atoms with Crippen LogP contribution >= 0.6 is 0 Å². The van der Waals surface area contributed by atoms with E-state index < -0.39 is 0 Å². The Balaban J connectivity index is 2.16. The highest BCUT2D eigenvalue weighted by Crippen LogP contribution is 2.26. The smallest absolute Gasteiger partial charge is 0.319 e. The van der Waals surface area contributed by atoms with Crippen LogP contribution in [-0.4, -0.2) is 25.2 Å². The van der Waals surface area contributed by atoms with E-state index in [1.54, 1.807) is 0 Å². The summed E-state index contributed by atoms with van der Waals surface area (Å²) in [6.45, 7) is 4.83. The molecule has 1 aliphatic rings. The highest BCUT2D eigenvalue weighted by atomic mass is 16.5. The van der Waals surface area contributed by atoms with Gasteiger partial charge in [-0.25, -0.2) is 0 Å². The van der Waals surface area contributed by atoms with Gasteiger partial charge in [-0.05, 0) is 32.6 Å². The van der Waals surface area contributed by atoms with Crippen molar-refractivity contribution in [2.45, 2.75) is 52.0 Å². The monoisotopic (exact) mass is 213 g/mol. The molecular weight excluding hydrogens is 190 g/mol. The molecule has 0 bridgehead atoms. The van der Waals surface area contributed by atoms with E-state index >= 15 is 0 Å². The maximum absolute atomic E-state index is 11.1. The van der Waals surface area contributed by atoms with Crippen LogP contribution in [0.5, 0.6) is 0 Å². The molecule has 1 N–H and O–H groups in total. The van der Waals surface area contributed by atoms with Gasteiger partial charge in [0.15, 0.2) is 0 Å². The first-order valence-electron chi connectivity index (χ1n) is 6.13. The Morgan fingerprint density at radius 1 is 1.40 bits per heavy atom. The summed E-state index contributed by atoms with van der Waals surface area (Å²) in [4.78, 5) is 11.1. The maximum Gasteiger partial charge on any atom is 0.319 e. The fourth-order valence-electron chi connectivity index (χ4n) is 2.26. The lowest BCUT2D eigenvalue weighted by Gasteiger charge is -2.28. The van der Waals surface area contributed by atoms with Gasteiger partial charge in [-0.3, -0.25) is 4.79 Å². The van der Waals surface area contributed by atoms with Crippen LogP contribution in [0.15, 0.2) is 0 Å². The van der Waals surface area contributed by atoms with E-state index in [4.69, 9.17) is 4.74 Å². The molecule has 0 amide bonds. The number of ether oxygens (including phenoxy) is 1. The molecule has 3 heteroatoms. The summed E-state index contributed by atoms with van der Waals surface area (Å²) in [7, 11) is 0. The van der Waals surface area contributed by atoms with Crippen molar-refractivity contribution in [2.75, 3.05) is 13.2 Å². The van der Waals surface area contributed by atoms with Gasteiger partial charge < -0.3 is 10.1 Å². The van der Waals surface area contributed by atoms with E-state index in [1.807, 2.05) is 6.92 Å². The number of hydrogen-bond donors (Lipinski definition) is 1. The summed E-state index contributed by atoms with van der Waals surface area (Å²) in [5.41, 5.74) is 0. The van der Waals surface area contributed by atoms with E-state index in [1.165, 1.54) is 32.1 Å².